The lowest BCUT2D eigenvalue weighted by molar-refractivity contribution is -0.115. The molecule has 0 radical (unpaired) electrons. The number of carbonyl (C=O) groups excluding carboxylic acids is 2. The van der Waals surface area contributed by atoms with Gasteiger partial charge in [-0.05, 0) is 55.8 Å². The molecule has 0 aliphatic heterocycles. The van der Waals surface area contributed by atoms with E-state index in [1.54, 1.807) is 13.2 Å². The van der Waals surface area contributed by atoms with Gasteiger partial charge in [0.15, 0.2) is 0 Å². The van der Waals surface area contributed by atoms with Crippen molar-refractivity contribution in [3.63, 3.8) is 0 Å². The minimum atomic E-state index is -0.285. The monoisotopic (exact) mass is 434 g/mol. The molecule has 160 valence electrons. The van der Waals surface area contributed by atoms with Crippen LogP contribution in [0, 0.1) is 6.92 Å². The summed E-state index contributed by atoms with van der Waals surface area (Å²) in [5, 5.41) is 5.60. The summed E-state index contributed by atoms with van der Waals surface area (Å²) in [6.07, 6.45) is 0.658. The fraction of sp³-hybridized carbons (Fsp3) is 0.200. The van der Waals surface area contributed by atoms with Crippen molar-refractivity contribution in [1.29, 1.82) is 0 Å². The van der Waals surface area contributed by atoms with Gasteiger partial charge in [-0.2, -0.15) is 0 Å². The molecule has 3 aromatic carbocycles. The summed E-state index contributed by atoms with van der Waals surface area (Å²) in [5.74, 6) is 0.370. The van der Waals surface area contributed by atoms with Gasteiger partial charge in [-0.3, -0.25) is 9.59 Å². The van der Waals surface area contributed by atoms with Gasteiger partial charge in [0, 0.05) is 16.1 Å². The zero-order chi connectivity index (χ0) is 22.2. The first-order valence-corrected chi connectivity index (χ1v) is 11.0. The quantitative estimate of drug-likeness (QED) is 0.442. The van der Waals surface area contributed by atoms with Crippen LogP contribution in [0.15, 0.2) is 77.7 Å². The van der Waals surface area contributed by atoms with E-state index in [-0.39, 0.29) is 17.1 Å². The third kappa shape index (κ3) is 6.12. The summed E-state index contributed by atoms with van der Waals surface area (Å²) < 4.78 is 5.31. The highest BCUT2D eigenvalue weighted by atomic mass is 32.2. The molecule has 5 nitrogen and oxygen atoms in total. The molecule has 0 aliphatic carbocycles. The zero-order valence-electron chi connectivity index (χ0n) is 17.8. The number of para-hydroxylation sites is 2. The van der Waals surface area contributed by atoms with Crippen LogP contribution in [0.5, 0.6) is 5.75 Å². The summed E-state index contributed by atoms with van der Waals surface area (Å²) in [7, 11) is 1.58. The Morgan fingerprint density at radius 2 is 1.74 bits per heavy atom. The second kappa shape index (κ2) is 10.7. The number of methoxy groups -OCH3 is 1. The van der Waals surface area contributed by atoms with Gasteiger partial charge in [-0.25, -0.2) is 0 Å². The predicted molar refractivity (Wildman–Crippen MR) is 127 cm³/mol. The Morgan fingerprint density at radius 3 is 2.48 bits per heavy atom. The molecule has 0 saturated heterocycles. The van der Waals surface area contributed by atoms with Crippen molar-refractivity contribution in [1.82, 2.24) is 0 Å². The molecular formula is C25H26N2O3S. The second-order valence-corrected chi connectivity index (χ2v) is 8.33. The first-order valence-electron chi connectivity index (χ1n) is 10.1. The molecule has 0 spiro atoms. The molecule has 3 rings (SSSR count). The van der Waals surface area contributed by atoms with Crippen molar-refractivity contribution in [2.24, 2.45) is 0 Å². The Hall–Kier alpha value is -3.25. The van der Waals surface area contributed by atoms with Gasteiger partial charge in [0.2, 0.25) is 5.91 Å². The van der Waals surface area contributed by atoms with E-state index in [2.05, 4.69) is 10.6 Å². The lowest BCUT2D eigenvalue weighted by Gasteiger charge is -2.17. The van der Waals surface area contributed by atoms with Gasteiger partial charge < -0.3 is 15.4 Å². The highest BCUT2D eigenvalue weighted by Crippen LogP contribution is 2.30. The van der Waals surface area contributed by atoms with E-state index in [0.29, 0.717) is 29.1 Å². The zero-order valence-corrected chi connectivity index (χ0v) is 18.7. The molecule has 31 heavy (non-hydrogen) atoms. The number of carbonyl (C=O) groups is 2. The molecule has 0 aromatic heterocycles. The molecule has 2 N–H and O–H groups in total. The van der Waals surface area contributed by atoms with E-state index in [9.17, 15) is 9.59 Å². The third-order valence-electron chi connectivity index (χ3n) is 4.68. The highest BCUT2D eigenvalue weighted by molar-refractivity contribution is 8.00. The Bertz CT molecular complexity index is 1070. The van der Waals surface area contributed by atoms with Crippen LogP contribution < -0.4 is 15.4 Å². The van der Waals surface area contributed by atoms with Gasteiger partial charge in [0.25, 0.3) is 5.91 Å². The minimum absolute atomic E-state index is 0.0915. The predicted octanol–water partition coefficient (Wildman–Crippen LogP) is 5.77. The Balaban J connectivity index is 1.68. The van der Waals surface area contributed by atoms with Crippen LogP contribution in [0.4, 0.5) is 11.4 Å². The average Bonchev–Trinajstić information content (AvgIpc) is 2.78. The first-order chi connectivity index (χ1) is 15.0. The van der Waals surface area contributed by atoms with E-state index < -0.39 is 0 Å². The van der Waals surface area contributed by atoms with Gasteiger partial charge in [0.05, 0.1) is 18.0 Å². The number of thioether (sulfide) groups is 1. The summed E-state index contributed by atoms with van der Waals surface area (Å²) in [5.41, 5.74) is 2.98. The maximum atomic E-state index is 12.8. The normalized spacial score (nSPS) is 11.5. The Kier molecular flexibility index (Phi) is 7.73. The molecule has 1 atom stereocenters. The van der Waals surface area contributed by atoms with E-state index in [1.807, 2.05) is 80.6 Å². The molecule has 0 fully saturated rings. The van der Waals surface area contributed by atoms with Crippen LogP contribution in [-0.2, 0) is 4.79 Å². The van der Waals surface area contributed by atoms with Crippen LogP contribution in [0.2, 0.25) is 0 Å². The second-order valence-electron chi connectivity index (χ2n) is 7.06. The smallest absolute Gasteiger partial charge is 0.255 e. The lowest BCUT2D eigenvalue weighted by Crippen LogP contribution is -2.24. The Morgan fingerprint density at radius 1 is 0.968 bits per heavy atom. The van der Waals surface area contributed by atoms with Gasteiger partial charge in [-0.1, -0.05) is 42.8 Å². The molecule has 2 amide bonds. The summed E-state index contributed by atoms with van der Waals surface area (Å²) in [6.45, 7) is 3.93. The van der Waals surface area contributed by atoms with Crippen molar-refractivity contribution in [3.8, 4) is 5.75 Å². The number of nitrogens with one attached hydrogen (secondary N) is 2. The van der Waals surface area contributed by atoms with E-state index >= 15 is 0 Å². The SMILES string of the molecule is CCC(Sc1cccc(NC(=O)c2cccc(C)c2)c1)C(=O)Nc1ccccc1OC. The number of ether oxygens (including phenoxy) is 1. The van der Waals surface area contributed by atoms with Crippen LogP contribution in [0.1, 0.15) is 29.3 Å². The number of benzene rings is 3. The minimum Gasteiger partial charge on any atom is -0.495 e. The number of rotatable bonds is 8. The molecule has 0 saturated carbocycles. The van der Waals surface area contributed by atoms with E-state index in [0.717, 1.165) is 10.5 Å². The van der Waals surface area contributed by atoms with Crippen LogP contribution >= 0.6 is 11.8 Å². The van der Waals surface area contributed by atoms with Crippen LogP contribution in [0.3, 0.4) is 0 Å². The number of hydrogen-bond donors (Lipinski definition) is 2. The lowest BCUT2D eigenvalue weighted by atomic mass is 10.1. The molecule has 0 heterocycles. The molecule has 1 unspecified atom stereocenters. The Labute approximate surface area is 187 Å². The number of amides is 2. The summed E-state index contributed by atoms with van der Waals surface area (Å²) in [4.78, 5) is 26.3. The van der Waals surface area contributed by atoms with E-state index in [4.69, 9.17) is 4.74 Å². The summed E-state index contributed by atoms with van der Waals surface area (Å²) >= 11 is 1.46. The fourth-order valence-corrected chi connectivity index (χ4v) is 4.10. The standard InChI is InChI=1S/C25H26N2O3S/c1-4-23(25(29)27-21-13-5-6-14-22(21)30-3)31-20-12-8-11-19(16-20)26-24(28)18-10-7-9-17(2)15-18/h5-16,23H,4H2,1-3H3,(H,26,28)(H,27,29). The first kappa shape index (κ1) is 22.4. The maximum Gasteiger partial charge on any atom is 0.255 e. The average molecular weight is 435 g/mol. The van der Waals surface area contributed by atoms with Crippen molar-refractivity contribution in [3.05, 3.63) is 83.9 Å². The molecule has 0 bridgehead atoms. The maximum absolute atomic E-state index is 12.8. The number of hydrogen-bond acceptors (Lipinski definition) is 4. The molecule has 0 aliphatic rings. The van der Waals surface area contributed by atoms with Gasteiger partial charge in [-0.15, -0.1) is 11.8 Å². The fourth-order valence-electron chi connectivity index (χ4n) is 3.08. The third-order valence-corrected chi connectivity index (χ3v) is 6.04. The number of aryl methyl sites for hydroxylation is 1. The van der Waals surface area contributed by atoms with Gasteiger partial charge >= 0.3 is 0 Å². The highest BCUT2D eigenvalue weighted by Gasteiger charge is 2.19. The van der Waals surface area contributed by atoms with Crippen molar-refractivity contribution in [2.45, 2.75) is 30.4 Å². The van der Waals surface area contributed by atoms with Crippen LogP contribution in [-0.4, -0.2) is 24.2 Å². The molecule has 6 heteroatoms. The largest absolute Gasteiger partial charge is 0.495 e. The van der Waals surface area contributed by atoms with Crippen molar-refractivity contribution < 1.29 is 14.3 Å². The number of anilines is 2. The molecular weight excluding hydrogens is 408 g/mol. The van der Waals surface area contributed by atoms with Crippen molar-refractivity contribution >= 4 is 35.0 Å². The van der Waals surface area contributed by atoms with Crippen molar-refractivity contribution in [2.75, 3.05) is 17.7 Å². The summed E-state index contributed by atoms with van der Waals surface area (Å²) in [6, 6.07) is 22.3. The molecule has 3 aromatic rings. The topological polar surface area (TPSA) is 67.4 Å². The van der Waals surface area contributed by atoms with E-state index in [1.165, 1.54) is 11.8 Å². The van der Waals surface area contributed by atoms with Gasteiger partial charge in [0.1, 0.15) is 5.75 Å². The van der Waals surface area contributed by atoms with Crippen LogP contribution in [0.25, 0.3) is 0 Å².